The van der Waals surface area contributed by atoms with Crippen LogP contribution < -0.4 is 0 Å². The molecule has 3 nitrogen and oxygen atoms in total. The molecule has 1 heterocycles. The molecule has 1 saturated heterocycles. The lowest BCUT2D eigenvalue weighted by atomic mass is 10.0. The van der Waals surface area contributed by atoms with Crippen molar-refractivity contribution in [2.75, 3.05) is 45.9 Å². The van der Waals surface area contributed by atoms with Crippen molar-refractivity contribution in [3.63, 3.8) is 0 Å². The fourth-order valence-corrected chi connectivity index (χ4v) is 3.57. The maximum Gasteiger partial charge on any atom is 0.0723 e. The van der Waals surface area contributed by atoms with Gasteiger partial charge in [0.1, 0.15) is 0 Å². The van der Waals surface area contributed by atoms with E-state index in [0.29, 0.717) is 23.3 Å². The standard InChI is InChI=1S/C22H24Cl2N2O.2ClH/c1-2-9-25-10-12-26(13-11-25)14-15-27-17-19-5-3-4-6-20(19)18-7-8-21(23)22(24)16-18;;/h1,3-8,16H,9-15,17H2;2*1H. The summed E-state index contributed by atoms with van der Waals surface area (Å²) in [5, 5.41) is 1.13. The fraction of sp³-hybridized carbons (Fsp3) is 0.364. The van der Waals surface area contributed by atoms with Crippen LogP contribution in [0.25, 0.3) is 11.1 Å². The molecule has 2 aromatic rings. The molecule has 0 amide bonds. The molecule has 29 heavy (non-hydrogen) atoms. The summed E-state index contributed by atoms with van der Waals surface area (Å²) in [6.45, 7) is 7.14. The van der Waals surface area contributed by atoms with Crippen molar-refractivity contribution in [2.24, 2.45) is 0 Å². The van der Waals surface area contributed by atoms with Gasteiger partial charge in [-0.3, -0.25) is 9.80 Å². The molecule has 158 valence electrons. The summed E-state index contributed by atoms with van der Waals surface area (Å²) in [4.78, 5) is 4.74. The molecule has 0 unspecified atom stereocenters. The predicted octanol–water partition coefficient (Wildman–Crippen LogP) is 5.27. The summed E-state index contributed by atoms with van der Waals surface area (Å²) in [5.74, 6) is 2.72. The first-order chi connectivity index (χ1) is 13.2. The Balaban J connectivity index is 0.00000210. The maximum atomic E-state index is 6.18. The van der Waals surface area contributed by atoms with Gasteiger partial charge in [-0.1, -0.05) is 59.5 Å². The molecule has 0 saturated carbocycles. The first kappa shape index (κ1) is 26.1. The molecule has 3 rings (SSSR count). The number of ether oxygens (including phenoxy) is 1. The minimum absolute atomic E-state index is 0. The molecule has 1 aliphatic rings. The molecule has 0 radical (unpaired) electrons. The number of halogens is 4. The Morgan fingerprint density at radius 1 is 0.931 bits per heavy atom. The largest absolute Gasteiger partial charge is 0.375 e. The van der Waals surface area contributed by atoms with E-state index in [4.69, 9.17) is 34.4 Å². The Morgan fingerprint density at radius 3 is 2.31 bits per heavy atom. The quantitative estimate of drug-likeness (QED) is 0.400. The summed E-state index contributed by atoms with van der Waals surface area (Å²) >= 11 is 12.2. The number of hydrogen-bond donors (Lipinski definition) is 0. The summed E-state index contributed by atoms with van der Waals surface area (Å²) in [5.41, 5.74) is 3.32. The van der Waals surface area contributed by atoms with E-state index >= 15 is 0 Å². The minimum atomic E-state index is 0. The predicted molar refractivity (Wildman–Crippen MR) is 128 cm³/mol. The van der Waals surface area contributed by atoms with Gasteiger partial charge in [0.05, 0.1) is 29.8 Å². The fourth-order valence-electron chi connectivity index (χ4n) is 3.27. The lowest BCUT2D eigenvalue weighted by Gasteiger charge is -2.33. The lowest BCUT2D eigenvalue weighted by molar-refractivity contribution is 0.0716. The van der Waals surface area contributed by atoms with E-state index in [-0.39, 0.29) is 24.8 Å². The zero-order valence-corrected chi connectivity index (χ0v) is 19.3. The zero-order chi connectivity index (χ0) is 19.1. The number of hydrogen-bond acceptors (Lipinski definition) is 3. The highest BCUT2D eigenvalue weighted by Gasteiger charge is 2.15. The van der Waals surface area contributed by atoms with Crippen molar-refractivity contribution in [1.82, 2.24) is 9.80 Å². The molecule has 2 aromatic carbocycles. The topological polar surface area (TPSA) is 15.7 Å². The van der Waals surface area contributed by atoms with Gasteiger partial charge in [-0.25, -0.2) is 0 Å². The molecule has 0 N–H and O–H groups in total. The SMILES string of the molecule is C#CCN1CCN(CCOCc2ccccc2-c2ccc(Cl)c(Cl)c2)CC1.Cl.Cl. The normalized spacial score (nSPS) is 14.5. The molecule has 1 aliphatic heterocycles. The van der Waals surface area contributed by atoms with Crippen LogP contribution in [0, 0.1) is 12.3 Å². The average Bonchev–Trinajstić information content (AvgIpc) is 2.69. The highest BCUT2D eigenvalue weighted by molar-refractivity contribution is 6.42. The molecule has 1 fully saturated rings. The van der Waals surface area contributed by atoms with Crippen molar-refractivity contribution in [1.29, 1.82) is 0 Å². The number of benzene rings is 2. The van der Waals surface area contributed by atoms with Gasteiger partial charge in [-0.15, -0.1) is 31.2 Å². The third-order valence-corrected chi connectivity index (χ3v) is 5.58. The van der Waals surface area contributed by atoms with Crippen LogP contribution in [-0.4, -0.2) is 55.7 Å². The Morgan fingerprint density at radius 2 is 1.62 bits per heavy atom. The van der Waals surface area contributed by atoms with E-state index < -0.39 is 0 Å². The molecule has 0 aliphatic carbocycles. The van der Waals surface area contributed by atoms with Crippen LogP contribution in [0.2, 0.25) is 10.0 Å². The third kappa shape index (κ3) is 7.66. The minimum Gasteiger partial charge on any atom is -0.375 e. The summed E-state index contributed by atoms with van der Waals surface area (Å²) < 4.78 is 5.97. The smallest absolute Gasteiger partial charge is 0.0723 e. The number of terminal acetylenes is 1. The first-order valence-corrected chi connectivity index (χ1v) is 9.92. The summed E-state index contributed by atoms with van der Waals surface area (Å²) in [7, 11) is 0. The number of piperazine rings is 1. The molecule has 0 aromatic heterocycles. The Hall–Kier alpha value is -0.960. The van der Waals surface area contributed by atoms with Crippen LogP contribution in [0.4, 0.5) is 0 Å². The van der Waals surface area contributed by atoms with E-state index in [0.717, 1.165) is 56.0 Å². The summed E-state index contributed by atoms with van der Waals surface area (Å²) in [6, 6.07) is 14.0. The molecule has 7 heteroatoms. The molecule has 0 spiro atoms. The lowest BCUT2D eigenvalue weighted by Crippen LogP contribution is -2.47. The second-order valence-corrected chi connectivity index (χ2v) is 7.47. The van der Waals surface area contributed by atoms with Crippen LogP contribution in [-0.2, 0) is 11.3 Å². The molecule has 0 atom stereocenters. The number of rotatable bonds is 7. The molecular formula is C22H26Cl4N2O. The van der Waals surface area contributed by atoms with Gasteiger partial charge in [0.25, 0.3) is 0 Å². The van der Waals surface area contributed by atoms with Crippen molar-refractivity contribution >= 4 is 48.0 Å². The van der Waals surface area contributed by atoms with Crippen molar-refractivity contribution in [2.45, 2.75) is 6.61 Å². The van der Waals surface area contributed by atoms with Gasteiger partial charge in [-0.05, 0) is 28.8 Å². The monoisotopic (exact) mass is 474 g/mol. The van der Waals surface area contributed by atoms with E-state index in [2.05, 4.69) is 27.9 Å². The van der Waals surface area contributed by atoms with Gasteiger partial charge >= 0.3 is 0 Å². The van der Waals surface area contributed by atoms with Crippen molar-refractivity contribution < 1.29 is 4.74 Å². The highest BCUT2D eigenvalue weighted by atomic mass is 35.5. The summed E-state index contributed by atoms with van der Waals surface area (Å²) in [6.07, 6.45) is 5.38. The van der Waals surface area contributed by atoms with E-state index in [1.807, 2.05) is 30.3 Å². The van der Waals surface area contributed by atoms with Crippen LogP contribution in [0.3, 0.4) is 0 Å². The van der Waals surface area contributed by atoms with Crippen LogP contribution in [0.1, 0.15) is 5.56 Å². The van der Waals surface area contributed by atoms with Gasteiger partial charge in [0, 0.05) is 32.7 Å². The number of nitrogens with zero attached hydrogens (tertiary/aromatic N) is 2. The Labute approximate surface area is 196 Å². The van der Waals surface area contributed by atoms with E-state index in [1.54, 1.807) is 0 Å². The van der Waals surface area contributed by atoms with Crippen molar-refractivity contribution in [3.8, 4) is 23.5 Å². The van der Waals surface area contributed by atoms with Gasteiger partial charge in [0.2, 0.25) is 0 Å². The van der Waals surface area contributed by atoms with Crippen molar-refractivity contribution in [3.05, 3.63) is 58.1 Å². The van der Waals surface area contributed by atoms with Gasteiger partial charge in [-0.2, -0.15) is 0 Å². The van der Waals surface area contributed by atoms with Gasteiger partial charge < -0.3 is 4.74 Å². The maximum absolute atomic E-state index is 6.18. The Bertz CT molecular complexity index is 802. The van der Waals surface area contributed by atoms with Gasteiger partial charge in [0.15, 0.2) is 0 Å². The van der Waals surface area contributed by atoms with Crippen LogP contribution in [0.15, 0.2) is 42.5 Å². The highest BCUT2D eigenvalue weighted by Crippen LogP contribution is 2.30. The first-order valence-electron chi connectivity index (χ1n) is 9.16. The third-order valence-electron chi connectivity index (χ3n) is 4.84. The average molecular weight is 476 g/mol. The second kappa shape index (κ2) is 13.4. The Kier molecular flexibility index (Phi) is 12.0. The van der Waals surface area contributed by atoms with Crippen LogP contribution in [0.5, 0.6) is 0 Å². The van der Waals surface area contributed by atoms with Crippen LogP contribution >= 0.6 is 48.0 Å². The second-order valence-electron chi connectivity index (χ2n) is 6.66. The van der Waals surface area contributed by atoms with E-state index in [1.165, 1.54) is 0 Å². The molecular weight excluding hydrogens is 450 g/mol. The zero-order valence-electron chi connectivity index (χ0n) is 16.2. The van der Waals surface area contributed by atoms with E-state index in [9.17, 15) is 0 Å². The molecule has 0 bridgehead atoms.